The van der Waals surface area contributed by atoms with Gasteiger partial charge in [-0.1, -0.05) is 32.4 Å². The minimum Gasteiger partial charge on any atom is -0.486 e. The molecule has 13 nitrogen and oxygen atoms in total. The number of Topliss-reactive ketones (excluding diaryl/α,β-unsaturated/α-hetero) is 1. The molecule has 0 unspecified atom stereocenters. The Morgan fingerprint density at radius 1 is 1.05 bits per heavy atom. The van der Waals surface area contributed by atoms with E-state index in [1.54, 1.807) is 24.4 Å². The third kappa shape index (κ3) is 8.93. The predicted octanol–water partition coefficient (Wildman–Crippen LogP) is 6.31. The molecule has 1 aromatic carbocycles. The van der Waals surface area contributed by atoms with Gasteiger partial charge in [0.1, 0.15) is 19.3 Å². The van der Waals surface area contributed by atoms with E-state index in [1.165, 1.54) is 4.90 Å². The topological polar surface area (TPSA) is 168 Å². The third-order valence-electron chi connectivity index (χ3n) is 13.0. The molecule has 7 rings (SSSR count). The zero-order chi connectivity index (χ0) is 42.5. The van der Waals surface area contributed by atoms with Gasteiger partial charge in [0, 0.05) is 36.7 Å². The Bertz CT molecular complexity index is 2120. The lowest BCUT2D eigenvalue weighted by atomic mass is 9.79. The van der Waals surface area contributed by atoms with E-state index in [4.69, 9.17) is 18.9 Å². The number of carbonyl (C=O) groups is 4. The molecular weight excluding hydrogens is 789 g/mol. The lowest BCUT2D eigenvalue weighted by Crippen LogP contribution is -2.48. The molecule has 2 aliphatic carbocycles. The first-order valence-corrected chi connectivity index (χ1v) is 22.4. The number of hydrogen-bond acceptors (Lipinski definition) is 11. The quantitative estimate of drug-likeness (QED) is 0.210. The monoisotopic (exact) mass is 843 g/mol. The molecule has 16 heteroatoms. The number of aromatic nitrogens is 1. The molecule has 0 radical (unpaired) electrons. The molecule has 0 spiro atoms. The van der Waals surface area contributed by atoms with Crippen molar-refractivity contribution in [1.29, 1.82) is 0 Å². The van der Waals surface area contributed by atoms with Crippen LogP contribution in [0.3, 0.4) is 0 Å². The van der Waals surface area contributed by atoms with Gasteiger partial charge in [-0.3, -0.25) is 23.9 Å². The minimum absolute atomic E-state index is 0.0191. The maximum atomic E-state index is 15.1. The summed E-state index contributed by atoms with van der Waals surface area (Å²) in [6.07, 6.45) is 7.41. The summed E-state index contributed by atoms with van der Waals surface area (Å²) in [5.74, 6) is -6.37. The summed E-state index contributed by atoms with van der Waals surface area (Å²) in [7, 11) is -3.92. The van der Waals surface area contributed by atoms with Gasteiger partial charge in [-0.05, 0) is 88.3 Å². The van der Waals surface area contributed by atoms with Crippen LogP contribution in [0.1, 0.15) is 98.8 Å². The number of pyridine rings is 1. The van der Waals surface area contributed by atoms with E-state index in [-0.39, 0.29) is 49.4 Å². The van der Waals surface area contributed by atoms with Gasteiger partial charge in [-0.2, -0.15) is 0 Å². The Hall–Kier alpha value is -4.34. The zero-order valence-electron chi connectivity index (χ0n) is 34.3. The number of ketones is 1. The number of halogens is 2. The number of ether oxygens (including phenoxy) is 4. The van der Waals surface area contributed by atoms with Gasteiger partial charge in [0.25, 0.3) is 5.92 Å². The summed E-state index contributed by atoms with van der Waals surface area (Å²) in [4.78, 5) is 63.2. The largest absolute Gasteiger partial charge is 0.486 e. The van der Waals surface area contributed by atoms with Crippen LogP contribution in [-0.4, -0.2) is 90.5 Å². The molecule has 5 aliphatic rings. The van der Waals surface area contributed by atoms with Crippen LogP contribution in [0.4, 0.5) is 8.78 Å². The minimum atomic E-state index is -3.92. The first-order valence-electron chi connectivity index (χ1n) is 20.8. The number of amides is 2. The molecule has 3 aliphatic heterocycles. The molecule has 0 bridgehead atoms. The van der Waals surface area contributed by atoms with Crippen molar-refractivity contribution in [3.63, 3.8) is 0 Å². The molecule has 3 fully saturated rings. The summed E-state index contributed by atoms with van der Waals surface area (Å²) in [6, 6.07) is 4.22. The van der Waals surface area contributed by atoms with Crippen LogP contribution >= 0.6 is 0 Å². The van der Waals surface area contributed by atoms with Crippen molar-refractivity contribution < 1.29 is 55.3 Å². The van der Waals surface area contributed by atoms with Gasteiger partial charge in [0.05, 0.1) is 35.6 Å². The Labute approximate surface area is 344 Å². The second kappa shape index (κ2) is 16.3. The number of hydrogen-bond donors (Lipinski definition) is 1. The van der Waals surface area contributed by atoms with Crippen molar-refractivity contribution in [1.82, 2.24) is 14.6 Å². The number of fused-ring (bicyclic) bond motifs is 5. The van der Waals surface area contributed by atoms with Crippen LogP contribution in [-0.2, 0) is 33.9 Å². The van der Waals surface area contributed by atoms with Crippen LogP contribution in [0.5, 0.6) is 17.4 Å². The number of alkyl halides is 2. The highest BCUT2D eigenvalue weighted by Gasteiger charge is 2.62. The fourth-order valence-corrected chi connectivity index (χ4v) is 10.2. The van der Waals surface area contributed by atoms with Crippen LogP contribution < -0.4 is 18.9 Å². The molecule has 2 aromatic rings. The number of esters is 1. The molecule has 4 heterocycles. The average molecular weight is 844 g/mol. The highest BCUT2D eigenvalue weighted by atomic mass is 32.2. The summed E-state index contributed by atoms with van der Waals surface area (Å²) in [6.45, 7) is 7.56. The van der Waals surface area contributed by atoms with Gasteiger partial charge in [-0.15, -0.1) is 0 Å². The highest BCUT2D eigenvalue weighted by Crippen LogP contribution is 2.57. The number of carbonyl (C=O) groups excluding carboxylic acids is 4. The van der Waals surface area contributed by atoms with Gasteiger partial charge < -0.3 is 23.8 Å². The number of allylic oxidation sites excluding steroid dienone is 2. The van der Waals surface area contributed by atoms with E-state index >= 15 is 4.79 Å². The molecule has 2 saturated carbocycles. The molecule has 1 N–H and O–H groups in total. The molecule has 7 atom stereocenters. The maximum Gasteiger partial charge on any atom is 0.307 e. The molecule has 59 heavy (non-hydrogen) atoms. The summed E-state index contributed by atoms with van der Waals surface area (Å²) < 4.78 is 80.7. The van der Waals surface area contributed by atoms with E-state index in [9.17, 15) is 31.6 Å². The smallest absolute Gasteiger partial charge is 0.307 e. The highest BCUT2D eigenvalue weighted by molar-refractivity contribution is 7.90. The van der Waals surface area contributed by atoms with E-state index in [0.29, 0.717) is 74.5 Å². The van der Waals surface area contributed by atoms with Crippen LogP contribution in [0.2, 0.25) is 0 Å². The molecular formula is C43H55F2N3O10S. The SMILES string of the molecule is CC[C@@H]1C[C@H](C)CC/C=C\[C@@H]2C[C@@]2(C(=O)NS(=O)(=O)C2CC2)CC(=O)[C@@H]2C[C@@H](Oc3nccc4c5c(ccc34)OCCO5)CN2C(=O)[C@H]1CC(=O)OC(C)(C)C(C)(F)F. The Balaban J connectivity index is 1.24. The van der Waals surface area contributed by atoms with Crippen molar-refractivity contribution in [3.8, 4) is 17.4 Å². The summed E-state index contributed by atoms with van der Waals surface area (Å²) in [5.41, 5.74) is -3.48. The van der Waals surface area contributed by atoms with Crippen molar-refractivity contribution in [2.45, 2.75) is 128 Å². The number of nitrogens with zero attached hydrogens (tertiary/aromatic N) is 2. The van der Waals surface area contributed by atoms with Gasteiger partial charge in [0.2, 0.25) is 27.7 Å². The van der Waals surface area contributed by atoms with Crippen LogP contribution in [0, 0.1) is 29.1 Å². The average Bonchev–Trinajstić information content (AvgIpc) is 4.10. The second-order valence-corrected chi connectivity index (χ2v) is 19.7. The molecule has 1 aromatic heterocycles. The number of sulfonamides is 1. The van der Waals surface area contributed by atoms with Gasteiger partial charge >= 0.3 is 5.97 Å². The maximum absolute atomic E-state index is 15.1. The standard InChI is InChI=1S/C43H55F2N3O10S/c1-6-26-19-25(2)9-7-8-10-27-22-43(27,40(52)47-59(53,54)29-11-12-29)23-34(49)33-20-28(24-48(33)39(51)32(26)21-36(50)58-41(3,4)42(5,44)45)57-38-31-13-14-35-37(56-18-17-55-35)30(31)15-16-46-38/h8,10,13-16,25-29,32-33H,6-7,9,11-12,17-24H2,1-5H3,(H,47,52)/b10-8-/t25-,26-,27-,28-,32+,33+,43-/m1/s1. The predicted molar refractivity (Wildman–Crippen MR) is 212 cm³/mol. The van der Waals surface area contributed by atoms with Crippen LogP contribution in [0.15, 0.2) is 36.5 Å². The van der Waals surface area contributed by atoms with E-state index in [1.807, 2.05) is 26.0 Å². The molecule has 2 amide bonds. The summed E-state index contributed by atoms with van der Waals surface area (Å²) in [5, 5.41) is 0.676. The Morgan fingerprint density at radius 2 is 1.80 bits per heavy atom. The van der Waals surface area contributed by atoms with Crippen molar-refractivity contribution in [3.05, 3.63) is 36.5 Å². The second-order valence-electron chi connectivity index (χ2n) is 17.8. The molecule has 1 saturated heterocycles. The lowest BCUT2D eigenvalue weighted by molar-refractivity contribution is -0.197. The number of benzene rings is 1. The van der Waals surface area contributed by atoms with Crippen molar-refractivity contribution >= 4 is 44.4 Å². The fraction of sp³-hybridized carbons (Fsp3) is 0.651. The Kier molecular flexibility index (Phi) is 11.8. The lowest BCUT2D eigenvalue weighted by Gasteiger charge is -2.35. The summed E-state index contributed by atoms with van der Waals surface area (Å²) >= 11 is 0. The van der Waals surface area contributed by atoms with Crippen molar-refractivity contribution in [2.24, 2.45) is 29.1 Å². The van der Waals surface area contributed by atoms with E-state index in [2.05, 4.69) is 9.71 Å². The number of rotatable bonds is 10. The van der Waals surface area contributed by atoms with Gasteiger partial charge in [0.15, 0.2) is 22.9 Å². The van der Waals surface area contributed by atoms with Crippen molar-refractivity contribution in [2.75, 3.05) is 19.8 Å². The van der Waals surface area contributed by atoms with E-state index < -0.39 is 80.3 Å². The normalized spacial score (nSPS) is 29.7. The Morgan fingerprint density at radius 3 is 2.51 bits per heavy atom. The van der Waals surface area contributed by atoms with Gasteiger partial charge in [-0.25, -0.2) is 22.2 Å². The first-order chi connectivity index (χ1) is 27.8. The van der Waals surface area contributed by atoms with E-state index in [0.717, 1.165) is 20.3 Å². The van der Waals surface area contributed by atoms with Crippen LogP contribution in [0.25, 0.3) is 10.8 Å². The first kappa shape index (κ1) is 42.8. The molecule has 322 valence electrons. The fourth-order valence-electron chi connectivity index (χ4n) is 8.83. The third-order valence-corrected chi connectivity index (χ3v) is 14.8. The zero-order valence-corrected chi connectivity index (χ0v) is 35.2. The number of nitrogens with one attached hydrogen (secondary N) is 1.